The monoisotopic (exact) mass is 171 g/mol. The second-order valence-electron chi connectivity index (χ2n) is 3.81. The van der Waals surface area contributed by atoms with Gasteiger partial charge < -0.3 is 4.90 Å². The van der Waals surface area contributed by atoms with Gasteiger partial charge in [0.15, 0.2) is 0 Å². The van der Waals surface area contributed by atoms with E-state index < -0.39 is 0 Å². The molecule has 2 aliphatic rings. The predicted octanol–water partition coefficient (Wildman–Crippen LogP) is 1.83. The van der Waals surface area contributed by atoms with E-state index in [0.717, 1.165) is 12.0 Å². The first kappa shape index (κ1) is 7.93. The fraction of sp³-hybridized carbons (Fsp3) is 1.00. The van der Waals surface area contributed by atoms with Crippen LogP contribution in [-0.4, -0.2) is 36.0 Å². The predicted molar refractivity (Wildman–Crippen MR) is 51.1 cm³/mol. The van der Waals surface area contributed by atoms with E-state index in [1.54, 1.807) is 0 Å². The summed E-state index contributed by atoms with van der Waals surface area (Å²) in [4.78, 5) is 2.56. The van der Waals surface area contributed by atoms with Gasteiger partial charge in [0.05, 0.1) is 0 Å². The molecule has 2 aliphatic heterocycles. The lowest BCUT2D eigenvalue weighted by molar-refractivity contribution is 0.292. The summed E-state index contributed by atoms with van der Waals surface area (Å²) in [6, 6.07) is 0.919. The minimum atomic E-state index is 0.919. The third kappa shape index (κ3) is 1.57. The molecule has 2 unspecified atom stereocenters. The third-order valence-electron chi connectivity index (χ3n) is 3.12. The second-order valence-corrected chi connectivity index (χ2v) is 4.96. The zero-order valence-electron chi connectivity index (χ0n) is 7.25. The summed E-state index contributed by atoms with van der Waals surface area (Å²) in [5.41, 5.74) is 0. The first-order valence-corrected chi connectivity index (χ1v) is 5.81. The number of hydrogen-bond donors (Lipinski definition) is 0. The van der Waals surface area contributed by atoms with E-state index in [-0.39, 0.29) is 0 Å². The van der Waals surface area contributed by atoms with Crippen LogP contribution in [0.4, 0.5) is 0 Å². The SMILES string of the molecule is CN1CCC2CCCSCC21. The zero-order valence-corrected chi connectivity index (χ0v) is 8.07. The molecule has 0 N–H and O–H groups in total. The molecule has 0 bridgehead atoms. The molecule has 1 nitrogen and oxygen atoms in total. The minimum Gasteiger partial charge on any atom is -0.302 e. The molecule has 2 saturated heterocycles. The summed E-state index contributed by atoms with van der Waals surface area (Å²) in [7, 11) is 2.29. The third-order valence-corrected chi connectivity index (χ3v) is 4.27. The van der Waals surface area contributed by atoms with Gasteiger partial charge in [-0.2, -0.15) is 11.8 Å². The van der Waals surface area contributed by atoms with Crippen molar-refractivity contribution in [3.05, 3.63) is 0 Å². The Labute approximate surface area is 73.5 Å². The molecule has 2 rings (SSSR count). The molecular formula is C9H17NS. The smallest absolute Gasteiger partial charge is 0.0212 e. The number of hydrogen-bond acceptors (Lipinski definition) is 2. The fourth-order valence-electron chi connectivity index (χ4n) is 2.34. The summed E-state index contributed by atoms with van der Waals surface area (Å²) < 4.78 is 0. The molecule has 2 heteroatoms. The Balaban J connectivity index is 2.00. The van der Waals surface area contributed by atoms with Gasteiger partial charge in [-0.1, -0.05) is 0 Å². The van der Waals surface area contributed by atoms with E-state index in [1.807, 2.05) is 0 Å². The van der Waals surface area contributed by atoms with Crippen molar-refractivity contribution < 1.29 is 0 Å². The molecular weight excluding hydrogens is 154 g/mol. The van der Waals surface area contributed by atoms with E-state index in [9.17, 15) is 0 Å². The van der Waals surface area contributed by atoms with Crippen molar-refractivity contribution in [2.45, 2.75) is 25.3 Å². The lowest BCUT2D eigenvalue weighted by Crippen LogP contribution is -2.30. The van der Waals surface area contributed by atoms with E-state index in [2.05, 4.69) is 23.7 Å². The Hall–Kier alpha value is 0.310. The summed E-state index contributed by atoms with van der Waals surface area (Å²) in [5.74, 6) is 3.83. The maximum atomic E-state index is 2.56. The number of thioether (sulfide) groups is 1. The number of fused-ring (bicyclic) bond motifs is 1. The Morgan fingerprint density at radius 3 is 3.18 bits per heavy atom. The van der Waals surface area contributed by atoms with Crippen LogP contribution in [0.15, 0.2) is 0 Å². The topological polar surface area (TPSA) is 3.24 Å². The maximum absolute atomic E-state index is 2.56. The van der Waals surface area contributed by atoms with Crippen molar-refractivity contribution in [3.8, 4) is 0 Å². The largest absolute Gasteiger partial charge is 0.302 e. The van der Waals surface area contributed by atoms with Crippen molar-refractivity contribution in [1.82, 2.24) is 4.90 Å². The minimum absolute atomic E-state index is 0.919. The molecule has 11 heavy (non-hydrogen) atoms. The number of likely N-dealkylation sites (tertiary alicyclic amines) is 1. The summed E-state index contributed by atoms with van der Waals surface area (Å²) in [6.45, 7) is 1.34. The van der Waals surface area contributed by atoms with Gasteiger partial charge in [0.1, 0.15) is 0 Å². The van der Waals surface area contributed by atoms with Gasteiger partial charge in [-0.05, 0) is 44.5 Å². The average molecular weight is 171 g/mol. The molecule has 0 saturated carbocycles. The first-order valence-electron chi connectivity index (χ1n) is 4.66. The molecule has 64 valence electrons. The molecule has 0 amide bonds. The van der Waals surface area contributed by atoms with E-state index in [4.69, 9.17) is 0 Å². The standard InChI is InChI=1S/C9H17NS/c1-10-5-4-8-3-2-6-11-7-9(8)10/h8-9H,2-7H2,1H3. The molecule has 0 radical (unpaired) electrons. The van der Waals surface area contributed by atoms with Crippen LogP contribution in [0.3, 0.4) is 0 Å². The van der Waals surface area contributed by atoms with Gasteiger partial charge in [0, 0.05) is 11.8 Å². The van der Waals surface area contributed by atoms with Gasteiger partial charge in [-0.15, -0.1) is 0 Å². The lowest BCUT2D eigenvalue weighted by atomic mass is 9.97. The second kappa shape index (κ2) is 3.36. The molecule has 2 heterocycles. The van der Waals surface area contributed by atoms with Crippen molar-refractivity contribution in [2.75, 3.05) is 25.1 Å². The Kier molecular flexibility index (Phi) is 2.42. The van der Waals surface area contributed by atoms with Crippen molar-refractivity contribution in [2.24, 2.45) is 5.92 Å². The highest BCUT2D eigenvalue weighted by molar-refractivity contribution is 7.99. The van der Waals surface area contributed by atoms with Crippen LogP contribution < -0.4 is 0 Å². The van der Waals surface area contributed by atoms with Gasteiger partial charge in [-0.3, -0.25) is 0 Å². The first-order chi connectivity index (χ1) is 5.38. The molecule has 2 atom stereocenters. The van der Waals surface area contributed by atoms with Gasteiger partial charge in [-0.25, -0.2) is 0 Å². The summed E-state index contributed by atoms with van der Waals surface area (Å²) in [5, 5.41) is 0. The van der Waals surface area contributed by atoms with E-state index in [0.29, 0.717) is 0 Å². The van der Waals surface area contributed by atoms with Crippen molar-refractivity contribution in [3.63, 3.8) is 0 Å². The van der Waals surface area contributed by atoms with Gasteiger partial charge >= 0.3 is 0 Å². The summed E-state index contributed by atoms with van der Waals surface area (Å²) in [6.07, 6.45) is 4.41. The summed E-state index contributed by atoms with van der Waals surface area (Å²) >= 11 is 2.15. The van der Waals surface area contributed by atoms with Gasteiger partial charge in [0.25, 0.3) is 0 Å². The Morgan fingerprint density at radius 2 is 2.27 bits per heavy atom. The molecule has 0 aromatic rings. The molecule has 0 aromatic carbocycles. The average Bonchev–Trinajstić information content (AvgIpc) is 2.25. The van der Waals surface area contributed by atoms with Crippen LogP contribution in [0.1, 0.15) is 19.3 Å². The molecule has 2 fully saturated rings. The molecule has 0 aromatic heterocycles. The van der Waals surface area contributed by atoms with Crippen molar-refractivity contribution >= 4 is 11.8 Å². The van der Waals surface area contributed by atoms with Crippen molar-refractivity contribution in [1.29, 1.82) is 0 Å². The quantitative estimate of drug-likeness (QED) is 0.547. The highest BCUT2D eigenvalue weighted by atomic mass is 32.2. The van der Waals surface area contributed by atoms with E-state index in [1.165, 1.54) is 37.3 Å². The van der Waals surface area contributed by atoms with Crippen LogP contribution >= 0.6 is 11.8 Å². The van der Waals surface area contributed by atoms with Crippen LogP contribution in [0.2, 0.25) is 0 Å². The van der Waals surface area contributed by atoms with Crippen LogP contribution in [0.5, 0.6) is 0 Å². The highest BCUT2D eigenvalue weighted by Crippen LogP contribution is 2.32. The van der Waals surface area contributed by atoms with Crippen LogP contribution in [-0.2, 0) is 0 Å². The highest BCUT2D eigenvalue weighted by Gasteiger charge is 2.32. The van der Waals surface area contributed by atoms with Crippen LogP contribution in [0, 0.1) is 5.92 Å². The van der Waals surface area contributed by atoms with Gasteiger partial charge in [0.2, 0.25) is 0 Å². The Bertz CT molecular complexity index is 138. The van der Waals surface area contributed by atoms with E-state index >= 15 is 0 Å². The van der Waals surface area contributed by atoms with Crippen LogP contribution in [0.25, 0.3) is 0 Å². The normalized spacial score (nSPS) is 40.1. The Morgan fingerprint density at radius 1 is 1.36 bits per heavy atom. The lowest BCUT2D eigenvalue weighted by Gasteiger charge is -2.21. The maximum Gasteiger partial charge on any atom is 0.0212 e. The molecule has 0 spiro atoms. The molecule has 0 aliphatic carbocycles. The fourth-order valence-corrected chi connectivity index (χ4v) is 3.64. The number of nitrogens with zero attached hydrogens (tertiary/aromatic N) is 1. The number of rotatable bonds is 0. The zero-order chi connectivity index (χ0) is 7.68.